The number of benzene rings is 1. The molecule has 0 aromatic heterocycles. The Hall–Kier alpha value is -2.27. The van der Waals surface area contributed by atoms with Gasteiger partial charge in [0, 0.05) is 17.7 Å². The Morgan fingerprint density at radius 3 is 3.00 bits per heavy atom. The molecule has 0 aliphatic carbocycles. The summed E-state index contributed by atoms with van der Waals surface area (Å²) in [5.41, 5.74) is 1.18. The first-order valence-electron chi connectivity index (χ1n) is 6.86. The first kappa shape index (κ1) is 14.7. The summed E-state index contributed by atoms with van der Waals surface area (Å²) in [6.45, 7) is 2.17. The average molecular weight is 320 g/mol. The van der Waals surface area contributed by atoms with Gasteiger partial charge in [0.05, 0.1) is 0 Å². The average Bonchev–Trinajstić information content (AvgIpc) is 2.99. The third-order valence-electron chi connectivity index (χ3n) is 3.51. The summed E-state index contributed by atoms with van der Waals surface area (Å²) in [5.74, 6) is 0.447. The Balaban J connectivity index is 1.86. The van der Waals surface area contributed by atoms with Gasteiger partial charge in [-0.3, -0.25) is 14.5 Å². The number of ether oxygens (including phenoxy) is 2. The second kappa shape index (κ2) is 5.85. The van der Waals surface area contributed by atoms with Gasteiger partial charge in [0.15, 0.2) is 11.5 Å². The molecule has 2 heterocycles. The highest BCUT2D eigenvalue weighted by Crippen LogP contribution is 2.36. The normalized spacial score (nSPS) is 17.5. The zero-order valence-electron chi connectivity index (χ0n) is 12.0. The van der Waals surface area contributed by atoms with Gasteiger partial charge in [-0.2, -0.15) is 0 Å². The Morgan fingerprint density at radius 2 is 2.18 bits per heavy atom. The number of imide groups is 1. The van der Waals surface area contributed by atoms with Gasteiger partial charge in [0.25, 0.3) is 11.8 Å². The maximum Gasteiger partial charge on any atom is 0.271 e. The predicted octanol–water partition coefficient (Wildman–Crippen LogP) is 2.70. The van der Waals surface area contributed by atoms with E-state index in [2.05, 4.69) is 0 Å². The molecule has 0 saturated carbocycles. The molecule has 2 aliphatic heterocycles. The third kappa shape index (κ3) is 2.60. The molecular formula is C16H14ClNO4. The number of para-hydroxylation sites is 1. The van der Waals surface area contributed by atoms with Crippen molar-refractivity contribution in [3.05, 3.63) is 40.4 Å². The number of carbonyl (C=O) groups excluding carboxylic acids is 2. The second-order valence-corrected chi connectivity index (χ2v) is 5.42. The van der Waals surface area contributed by atoms with E-state index in [-0.39, 0.29) is 17.7 Å². The molecule has 0 bridgehead atoms. The van der Waals surface area contributed by atoms with Gasteiger partial charge < -0.3 is 9.47 Å². The van der Waals surface area contributed by atoms with Crippen molar-refractivity contribution in [3.8, 4) is 11.5 Å². The number of amides is 2. The topological polar surface area (TPSA) is 55.8 Å². The number of rotatable bonds is 2. The smallest absolute Gasteiger partial charge is 0.271 e. The Morgan fingerprint density at radius 1 is 1.36 bits per heavy atom. The van der Waals surface area contributed by atoms with Crippen LogP contribution in [0.15, 0.2) is 34.9 Å². The molecule has 0 unspecified atom stereocenters. The molecule has 0 saturated heterocycles. The zero-order chi connectivity index (χ0) is 15.7. The molecule has 0 atom stereocenters. The molecule has 114 valence electrons. The molecule has 22 heavy (non-hydrogen) atoms. The maximum atomic E-state index is 12.4. The standard InChI is InChI=1S/C16H14ClNO4/c1-10(15(19)18-7-3-5-12(17)16(18)20)8-11-4-2-6-13-14(11)22-9-21-13/h2,4-6,8H,3,7,9H2,1H3/b10-8+. The van der Waals surface area contributed by atoms with E-state index in [1.807, 2.05) is 12.1 Å². The quantitative estimate of drug-likeness (QED) is 0.786. The molecule has 2 aliphatic rings. The van der Waals surface area contributed by atoms with Crippen molar-refractivity contribution in [2.45, 2.75) is 13.3 Å². The Labute approximate surface area is 132 Å². The molecule has 0 fully saturated rings. The highest BCUT2D eigenvalue weighted by atomic mass is 35.5. The molecule has 6 heteroatoms. The summed E-state index contributed by atoms with van der Waals surface area (Å²) < 4.78 is 10.7. The SMILES string of the molecule is C/C(=C\c1cccc2c1OCO2)C(=O)N1CCC=C(Cl)C1=O. The molecule has 5 nitrogen and oxygen atoms in total. The second-order valence-electron chi connectivity index (χ2n) is 5.01. The molecule has 1 aromatic carbocycles. The number of nitrogens with zero attached hydrogens (tertiary/aromatic N) is 1. The number of fused-ring (bicyclic) bond motifs is 1. The van der Waals surface area contributed by atoms with E-state index in [4.69, 9.17) is 21.1 Å². The van der Waals surface area contributed by atoms with Crippen LogP contribution in [0, 0.1) is 0 Å². The van der Waals surface area contributed by atoms with Crippen LogP contribution in [0.4, 0.5) is 0 Å². The summed E-state index contributed by atoms with van der Waals surface area (Å²) >= 11 is 5.81. The Kier molecular flexibility index (Phi) is 3.90. The van der Waals surface area contributed by atoms with Crippen LogP contribution in [0.1, 0.15) is 18.9 Å². The number of hydrogen-bond acceptors (Lipinski definition) is 4. The lowest BCUT2D eigenvalue weighted by atomic mass is 10.1. The molecule has 0 spiro atoms. The van der Waals surface area contributed by atoms with Crippen LogP contribution >= 0.6 is 11.6 Å². The van der Waals surface area contributed by atoms with Crippen LogP contribution in [0.2, 0.25) is 0 Å². The highest BCUT2D eigenvalue weighted by molar-refractivity contribution is 6.43. The van der Waals surface area contributed by atoms with E-state index in [0.717, 1.165) is 10.5 Å². The molecule has 3 rings (SSSR count). The van der Waals surface area contributed by atoms with Crippen molar-refractivity contribution in [3.63, 3.8) is 0 Å². The van der Waals surface area contributed by atoms with Gasteiger partial charge in [-0.25, -0.2) is 0 Å². The van der Waals surface area contributed by atoms with Gasteiger partial charge in [-0.15, -0.1) is 0 Å². The number of hydrogen-bond donors (Lipinski definition) is 0. The molecular weight excluding hydrogens is 306 g/mol. The predicted molar refractivity (Wildman–Crippen MR) is 81.5 cm³/mol. The van der Waals surface area contributed by atoms with Crippen LogP contribution < -0.4 is 9.47 Å². The van der Waals surface area contributed by atoms with Gasteiger partial charge >= 0.3 is 0 Å². The number of halogens is 1. The van der Waals surface area contributed by atoms with Gasteiger partial charge in [-0.1, -0.05) is 29.8 Å². The monoisotopic (exact) mass is 319 g/mol. The van der Waals surface area contributed by atoms with Crippen LogP contribution in [0.3, 0.4) is 0 Å². The van der Waals surface area contributed by atoms with Crippen molar-refractivity contribution in [2.75, 3.05) is 13.3 Å². The molecule has 1 aromatic rings. The lowest BCUT2D eigenvalue weighted by Gasteiger charge is -2.23. The lowest BCUT2D eigenvalue weighted by molar-refractivity contribution is -0.139. The van der Waals surface area contributed by atoms with Gasteiger partial charge in [0.1, 0.15) is 5.03 Å². The number of carbonyl (C=O) groups is 2. The van der Waals surface area contributed by atoms with E-state index < -0.39 is 5.91 Å². The van der Waals surface area contributed by atoms with Crippen molar-refractivity contribution < 1.29 is 19.1 Å². The van der Waals surface area contributed by atoms with Gasteiger partial charge in [-0.05, 0) is 25.5 Å². The minimum Gasteiger partial charge on any atom is -0.454 e. The molecule has 0 N–H and O–H groups in total. The summed E-state index contributed by atoms with van der Waals surface area (Å²) in [5, 5.41) is 0.0877. The fourth-order valence-corrected chi connectivity index (χ4v) is 2.62. The van der Waals surface area contributed by atoms with E-state index in [0.29, 0.717) is 30.0 Å². The largest absolute Gasteiger partial charge is 0.454 e. The lowest BCUT2D eigenvalue weighted by Crippen LogP contribution is -2.40. The molecule has 2 amide bonds. The van der Waals surface area contributed by atoms with Crippen LogP contribution in [0.5, 0.6) is 11.5 Å². The third-order valence-corrected chi connectivity index (χ3v) is 3.82. The first-order chi connectivity index (χ1) is 10.6. The van der Waals surface area contributed by atoms with E-state index in [1.54, 1.807) is 25.1 Å². The zero-order valence-corrected chi connectivity index (χ0v) is 12.7. The van der Waals surface area contributed by atoms with E-state index in [9.17, 15) is 9.59 Å². The summed E-state index contributed by atoms with van der Waals surface area (Å²) in [7, 11) is 0. The van der Waals surface area contributed by atoms with Crippen LogP contribution in [0.25, 0.3) is 6.08 Å². The minimum atomic E-state index is -0.455. The summed E-state index contributed by atoms with van der Waals surface area (Å²) in [4.78, 5) is 25.5. The Bertz CT molecular complexity index is 708. The van der Waals surface area contributed by atoms with Crippen LogP contribution in [-0.2, 0) is 9.59 Å². The first-order valence-corrected chi connectivity index (χ1v) is 7.24. The van der Waals surface area contributed by atoms with Gasteiger partial charge in [0.2, 0.25) is 6.79 Å². The molecule has 0 radical (unpaired) electrons. The summed E-state index contributed by atoms with van der Waals surface area (Å²) in [6, 6.07) is 5.45. The fourth-order valence-electron chi connectivity index (χ4n) is 2.41. The van der Waals surface area contributed by atoms with Crippen molar-refractivity contribution in [2.24, 2.45) is 0 Å². The minimum absolute atomic E-state index is 0.0877. The highest BCUT2D eigenvalue weighted by Gasteiger charge is 2.27. The van der Waals surface area contributed by atoms with E-state index in [1.165, 1.54) is 0 Å². The fraction of sp³-hybridized carbons (Fsp3) is 0.250. The van der Waals surface area contributed by atoms with Crippen molar-refractivity contribution in [1.82, 2.24) is 4.90 Å². The van der Waals surface area contributed by atoms with E-state index >= 15 is 0 Å². The maximum absolute atomic E-state index is 12.4. The van der Waals surface area contributed by atoms with Crippen molar-refractivity contribution in [1.29, 1.82) is 0 Å². The van der Waals surface area contributed by atoms with Crippen LogP contribution in [-0.4, -0.2) is 30.1 Å². The summed E-state index contributed by atoms with van der Waals surface area (Å²) in [6.07, 6.45) is 3.89. The van der Waals surface area contributed by atoms with Crippen molar-refractivity contribution >= 4 is 29.5 Å².